The van der Waals surface area contributed by atoms with E-state index in [1.807, 2.05) is 18.3 Å². The van der Waals surface area contributed by atoms with E-state index >= 15 is 0 Å². The molecule has 3 heterocycles. The first kappa shape index (κ1) is 13.5. The lowest BCUT2D eigenvalue weighted by atomic mass is 9.96. The van der Waals surface area contributed by atoms with Gasteiger partial charge in [0.2, 0.25) is 0 Å². The number of para-hydroxylation sites is 1. The fourth-order valence-corrected chi connectivity index (χ4v) is 3.36. The molecule has 0 bridgehead atoms. The topological polar surface area (TPSA) is 49.7 Å². The number of aromatic nitrogens is 4. The second-order valence-electron chi connectivity index (χ2n) is 6.17. The van der Waals surface area contributed by atoms with Crippen LogP contribution in [0.5, 0.6) is 0 Å². The highest BCUT2D eigenvalue weighted by Gasteiger charge is 2.20. The minimum atomic E-state index is 0.745. The average Bonchev–Trinajstić information content (AvgIpc) is 3.20. The second-order valence-corrected chi connectivity index (χ2v) is 6.17. The van der Waals surface area contributed by atoms with Gasteiger partial charge in [-0.15, -0.1) is 0 Å². The molecule has 0 atom stereocenters. The quantitative estimate of drug-likeness (QED) is 0.805. The molecule has 114 valence electrons. The molecule has 1 fully saturated rings. The summed E-state index contributed by atoms with van der Waals surface area (Å²) in [6.45, 7) is 4.32. The summed E-state index contributed by atoms with van der Waals surface area (Å²) in [7, 11) is 0. The van der Waals surface area contributed by atoms with Gasteiger partial charge in [0.15, 0.2) is 0 Å². The molecule has 4 rings (SSSR count). The number of benzene rings is 1. The van der Waals surface area contributed by atoms with Crippen LogP contribution in [0.4, 0.5) is 0 Å². The SMILES string of the molecule is c1ccc2c(CN3CCC(Cn4cccn4)CC3)[nH]nc2c1. The Morgan fingerprint density at radius 3 is 2.82 bits per heavy atom. The molecule has 0 spiro atoms. The summed E-state index contributed by atoms with van der Waals surface area (Å²) in [5.41, 5.74) is 2.30. The number of H-pyrrole nitrogens is 1. The fourth-order valence-electron chi connectivity index (χ4n) is 3.36. The molecule has 1 aliphatic rings. The molecule has 22 heavy (non-hydrogen) atoms. The molecule has 0 unspecified atom stereocenters. The number of aromatic amines is 1. The Morgan fingerprint density at radius 2 is 2.00 bits per heavy atom. The minimum absolute atomic E-state index is 0.745. The molecule has 0 amide bonds. The van der Waals surface area contributed by atoms with Crippen LogP contribution in [0.1, 0.15) is 18.5 Å². The van der Waals surface area contributed by atoms with E-state index in [4.69, 9.17) is 0 Å². The monoisotopic (exact) mass is 295 g/mol. The van der Waals surface area contributed by atoms with Gasteiger partial charge in [-0.3, -0.25) is 14.7 Å². The summed E-state index contributed by atoms with van der Waals surface area (Å²) in [5, 5.41) is 13.2. The minimum Gasteiger partial charge on any atom is -0.297 e. The molecular formula is C17H21N5. The van der Waals surface area contributed by atoms with Gasteiger partial charge in [0.25, 0.3) is 0 Å². The molecule has 0 saturated carbocycles. The summed E-state index contributed by atoms with van der Waals surface area (Å²) >= 11 is 0. The molecule has 3 aromatic rings. The first-order chi connectivity index (χ1) is 10.9. The number of fused-ring (bicyclic) bond motifs is 1. The van der Waals surface area contributed by atoms with Crippen molar-refractivity contribution in [3.8, 4) is 0 Å². The van der Waals surface area contributed by atoms with Gasteiger partial charge in [-0.25, -0.2) is 0 Å². The van der Waals surface area contributed by atoms with Crippen molar-refractivity contribution in [2.75, 3.05) is 13.1 Å². The lowest BCUT2D eigenvalue weighted by Crippen LogP contribution is -2.34. The van der Waals surface area contributed by atoms with Crippen LogP contribution in [0.3, 0.4) is 0 Å². The van der Waals surface area contributed by atoms with E-state index in [2.05, 4.69) is 49.3 Å². The number of rotatable bonds is 4. The molecule has 1 aromatic carbocycles. The number of hydrogen-bond donors (Lipinski definition) is 1. The summed E-state index contributed by atoms with van der Waals surface area (Å²) in [6, 6.07) is 10.3. The number of hydrogen-bond acceptors (Lipinski definition) is 3. The van der Waals surface area contributed by atoms with Crippen molar-refractivity contribution in [3.63, 3.8) is 0 Å². The maximum atomic E-state index is 4.39. The van der Waals surface area contributed by atoms with Crippen LogP contribution in [-0.4, -0.2) is 38.0 Å². The van der Waals surface area contributed by atoms with E-state index in [0.717, 1.165) is 37.6 Å². The number of nitrogens with one attached hydrogen (secondary N) is 1. The van der Waals surface area contributed by atoms with Gasteiger partial charge >= 0.3 is 0 Å². The smallest absolute Gasteiger partial charge is 0.0924 e. The summed E-state index contributed by atoms with van der Waals surface area (Å²) in [6.07, 6.45) is 6.40. The van der Waals surface area contributed by atoms with Crippen LogP contribution in [-0.2, 0) is 13.1 Å². The second kappa shape index (κ2) is 5.93. The van der Waals surface area contributed by atoms with Crippen molar-refractivity contribution in [1.29, 1.82) is 0 Å². The van der Waals surface area contributed by atoms with E-state index in [1.165, 1.54) is 23.9 Å². The summed E-state index contributed by atoms with van der Waals surface area (Å²) < 4.78 is 2.06. The van der Waals surface area contributed by atoms with E-state index in [1.54, 1.807) is 0 Å². The third-order valence-electron chi connectivity index (χ3n) is 4.63. The molecule has 2 aromatic heterocycles. The van der Waals surface area contributed by atoms with Crippen molar-refractivity contribution in [2.45, 2.75) is 25.9 Å². The predicted molar refractivity (Wildman–Crippen MR) is 86.3 cm³/mol. The third-order valence-corrected chi connectivity index (χ3v) is 4.63. The number of piperidine rings is 1. The van der Waals surface area contributed by atoms with E-state index < -0.39 is 0 Å². The highest BCUT2D eigenvalue weighted by molar-refractivity contribution is 5.81. The van der Waals surface area contributed by atoms with Gasteiger partial charge in [-0.05, 0) is 44.0 Å². The third kappa shape index (κ3) is 2.76. The Balaban J connectivity index is 1.36. The first-order valence-electron chi connectivity index (χ1n) is 8.00. The highest BCUT2D eigenvalue weighted by Crippen LogP contribution is 2.22. The van der Waals surface area contributed by atoms with Gasteiger partial charge in [0, 0.05) is 30.9 Å². The van der Waals surface area contributed by atoms with Crippen LogP contribution in [0.2, 0.25) is 0 Å². The van der Waals surface area contributed by atoms with Crippen molar-refractivity contribution < 1.29 is 0 Å². The van der Waals surface area contributed by atoms with Gasteiger partial charge in [-0.1, -0.05) is 18.2 Å². The molecule has 5 nitrogen and oxygen atoms in total. The van der Waals surface area contributed by atoms with Gasteiger partial charge in [0.1, 0.15) is 0 Å². The molecule has 5 heteroatoms. The molecule has 1 N–H and O–H groups in total. The van der Waals surface area contributed by atoms with Crippen LogP contribution in [0.15, 0.2) is 42.7 Å². The Kier molecular flexibility index (Phi) is 3.64. The first-order valence-corrected chi connectivity index (χ1v) is 8.00. The van der Waals surface area contributed by atoms with E-state index in [-0.39, 0.29) is 0 Å². The van der Waals surface area contributed by atoms with Crippen LogP contribution in [0.25, 0.3) is 10.9 Å². The molecule has 1 aliphatic heterocycles. The Labute approximate surface area is 129 Å². The van der Waals surface area contributed by atoms with Gasteiger partial charge < -0.3 is 0 Å². The largest absolute Gasteiger partial charge is 0.297 e. The van der Waals surface area contributed by atoms with Crippen LogP contribution in [0, 0.1) is 5.92 Å². The van der Waals surface area contributed by atoms with Gasteiger partial charge in [0.05, 0.1) is 11.2 Å². The van der Waals surface area contributed by atoms with Crippen molar-refractivity contribution >= 4 is 10.9 Å². The standard InChI is InChI=1S/C17H21N5/c1-2-5-16-15(4-1)17(20-19-16)13-21-10-6-14(7-11-21)12-22-9-3-8-18-22/h1-5,8-9,14H,6-7,10-13H2,(H,19,20). The Morgan fingerprint density at radius 1 is 1.14 bits per heavy atom. The zero-order chi connectivity index (χ0) is 14.8. The number of nitrogens with zero attached hydrogens (tertiary/aromatic N) is 4. The normalized spacial score (nSPS) is 17.3. The molecule has 1 saturated heterocycles. The Hall–Kier alpha value is -2.14. The van der Waals surface area contributed by atoms with E-state index in [9.17, 15) is 0 Å². The van der Waals surface area contributed by atoms with Crippen molar-refractivity contribution in [3.05, 3.63) is 48.4 Å². The van der Waals surface area contributed by atoms with E-state index in [0.29, 0.717) is 0 Å². The van der Waals surface area contributed by atoms with Crippen LogP contribution < -0.4 is 0 Å². The summed E-state index contributed by atoms with van der Waals surface area (Å²) in [4.78, 5) is 2.53. The fraction of sp³-hybridized carbons (Fsp3) is 0.412. The molecule has 0 aliphatic carbocycles. The van der Waals surface area contributed by atoms with Crippen molar-refractivity contribution in [1.82, 2.24) is 24.9 Å². The summed E-state index contributed by atoms with van der Waals surface area (Å²) in [5.74, 6) is 0.745. The molecular weight excluding hydrogens is 274 g/mol. The lowest BCUT2D eigenvalue weighted by molar-refractivity contribution is 0.163. The van der Waals surface area contributed by atoms with Crippen LogP contribution >= 0.6 is 0 Å². The highest BCUT2D eigenvalue weighted by atomic mass is 15.3. The average molecular weight is 295 g/mol. The van der Waals surface area contributed by atoms with Gasteiger partial charge in [-0.2, -0.15) is 10.2 Å². The lowest BCUT2D eigenvalue weighted by Gasteiger charge is -2.31. The molecule has 0 radical (unpaired) electrons. The maximum absolute atomic E-state index is 4.39. The predicted octanol–water partition coefficient (Wildman–Crippen LogP) is 2.67. The zero-order valence-electron chi connectivity index (χ0n) is 12.7. The Bertz CT molecular complexity index is 722. The maximum Gasteiger partial charge on any atom is 0.0924 e. The number of likely N-dealkylation sites (tertiary alicyclic amines) is 1. The zero-order valence-corrected chi connectivity index (χ0v) is 12.7. The van der Waals surface area contributed by atoms with Crippen molar-refractivity contribution in [2.24, 2.45) is 5.92 Å².